The lowest BCUT2D eigenvalue weighted by atomic mass is 9.82. The van der Waals surface area contributed by atoms with Gasteiger partial charge in [-0.1, -0.05) is 26.7 Å². The first kappa shape index (κ1) is 16.9. The van der Waals surface area contributed by atoms with Gasteiger partial charge in [-0.3, -0.25) is 0 Å². The summed E-state index contributed by atoms with van der Waals surface area (Å²) in [5.41, 5.74) is 1.01. The number of rotatable bonds is 6. The van der Waals surface area contributed by atoms with Crippen molar-refractivity contribution >= 4 is 28.4 Å². The zero-order chi connectivity index (χ0) is 15.2. The third-order valence-electron chi connectivity index (χ3n) is 4.14. The minimum Gasteiger partial charge on any atom is -0.378 e. The van der Waals surface area contributed by atoms with Crippen LogP contribution in [0.25, 0.3) is 0 Å². The number of hydrogen-bond acceptors (Lipinski definition) is 4. The molecular weight excluding hydrogens is 377 g/mol. The van der Waals surface area contributed by atoms with Gasteiger partial charge in [0.2, 0.25) is 0 Å². The molecule has 0 bridgehead atoms. The van der Waals surface area contributed by atoms with E-state index in [1.165, 1.54) is 25.7 Å². The fraction of sp³-hybridized carbons (Fsp3) is 0.750. The third kappa shape index (κ3) is 4.52. The molecular formula is C16H26IN3O. The number of aromatic nitrogens is 2. The Hall–Kier alpha value is -0.430. The molecule has 1 aliphatic carbocycles. The second kappa shape index (κ2) is 8.27. The Morgan fingerprint density at radius 3 is 2.57 bits per heavy atom. The largest absolute Gasteiger partial charge is 0.378 e. The highest BCUT2D eigenvalue weighted by Crippen LogP contribution is 2.35. The number of nitrogens with zero attached hydrogens (tertiary/aromatic N) is 2. The van der Waals surface area contributed by atoms with E-state index >= 15 is 0 Å². The van der Waals surface area contributed by atoms with Gasteiger partial charge in [-0.2, -0.15) is 0 Å². The zero-order valence-electron chi connectivity index (χ0n) is 13.3. The van der Waals surface area contributed by atoms with Crippen LogP contribution in [0.1, 0.15) is 63.4 Å². The second-order valence-electron chi connectivity index (χ2n) is 6.01. The SMILES string of the molecule is CCCNc1nc(C2CCC(C)CC2)nc(COC)c1I. The number of nitrogens with one attached hydrogen (secondary N) is 1. The summed E-state index contributed by atoms with van der Waals surface area (Å²) in [4.78, 5) is 9.61. The molecule has 1 heterocycles. The van der Waals surface area contributed by atoms with Crippen molar-refractivity contribution in [3.05, 3.63) is 15.1 Å². The highest BCUT2D eigenvalue weighted by molar-refractivity contribution is 14.1. The normalized spacial score (nSPS) is 22.3. The van der Waals surface area contributed by atoms with Crippen molar-refractivity contribution in [1.29, 1.82) is 0 Å². The maximum Gasteiger partial charge on any atom is 0.143 e. The van der Waals surface area contributed by atoms with E-state index in [1.807, 2.05) is 0 Å². The summed E-state index contributed by atoms with van der Waals surface area (Å²) in [6, 6.07) is 0. The van der Waals surface area contributed by atoms with Crippen LogP contribution < -0.4 is 5.32 Å². The average Bonchev–Trinajstić information content (AvgIpc) is 2.49. The Balaban J connectivity index is 2.25. The van der Waals surface area contributed by atoms with Crippen molar-refractivity contribution in [1.82, 2.24) is 9.97 Å². The van der Waals surface area contributed by atoms with Crippen molar-refractivity contribution < 1.29 is 4.74 Å². The Morgan fingerprint density at radius 2 is 1.95 bits per heavy atom. The first-order chi connectivity index (χ1) is 10.2. The molecule has 21 heavy (non-hydrogen) atoms. The van der Waals surface area contributed by atoms with Gasteiger partial charge in [0, 0.05) is 19.6 Å². The van der Waals surface area contributed by atoms with Crippen LogP contribution >= 0.6 is 22.6 Å². The average molecular weight is 403 g/mol. The molecule has 1 N–H and O–H groups in total. The second-order valence-corrected chi connectivity index (χ2v) is 7.09. The van der Waals surface area contributed by atoms with Crippen molar-refractivity contribution in [2.75, 3.05) is 19.0 Å². The van der Waals surface area contributed by atoms with Gasteiger partial charge in [0.25, 0.3) is 0 Å². The molecule has 118 valence electrons. The van der Waals surface area contributed by atoms with Crippen LogP contribution in [0.5, 0.6) is 0 Å². The lowest BCUT2D eigenvalue weighted by molar-refractivity contribution is 0.180. The monoisotopic (exact) mass is 403 g/mol. The van der Waals surface area contributed by atoms with Gasteiger partial charge in [-0.15, -0.1) is 0 Å². The van der Waals surface area contributed by atoms with Crippen LogP contribution in [0.3, 0.4) is 0 Å². The molecule has 2 rings (SSSR count). The quantitative estimate of drug-likeness (QED) is 0.718. The molecule has 0 aliphatic heterocycles. The predicted octanol–water partition coefficient (Wildman–Crippen LogP) is 4.34. The Bertz CT molecular complexity index is 459. The molecule has 0 amide bonds. The lowest BCUT2D eigenvalue weighted by Crippen LogP contribution is -2.17. The highest BCUT2D eigenvalue weighted by atomic mass is 127. The first-order valence-corrected chi connectivity index (χ1v) is 9.02. The summed E-state index contributed by atoms with van der Waals surface area (Å²) >= 11 is 2.33. The van der Waals surface area contributed by atoms with Crippen LogP contribution in [0, 0.1) is 9.49 Å². The lowest BCUT2D eigenvalue weighted by Gasteiger charge is -2.26. The maximum absolute atomic E-state index is 5.30. The molecule has 1 aromatic heterocycles. The van der Waals surface area contributed by atoms with E-state index in [-0.39, 0.29) is 0 Å². The molecule has 1 aromatic rings. The minimum absolute atomic E-state index is 0.510. The fourth-order valence-corrected chi connectivity index (χ4v) is 3.39. The summed E-state index contributed by atoms with van der Waals surface area (Å²) < 4.78 is 6.40. The summed E-state index contributed by atoms with van der Waals surface area (Å²) in [7, 11) is 1.72. The van der Waals surface area contributed by atoms with Crippen LogP contribution in [0.2, 0.25) is 0 Å². The molecule has 1 fully saturated rings. The smallest absolute Gasteiger partial charge is 0.143 e. The van der Waals surface area contributed by atoms with E-state index in [2.05, 4.69) is 41.8 Å². The Kier molecular flexibility index (Phi) is 6.67. The molecule has 0 saturated heterocycles. The van der Waals surface area contributed by atoms with Gasteiger partial charge in [-0.05, 0) is 47.8 Å². The molecule has 0 aromatic carbocycles. The van der Waals surface area contributed by atoms with Crippen LogP contribution in [-0.4, -0.2) is 23.6 Å². The highest BCUT2D eigenvalue weighted by Gasteiger charge is 2.24. The number of halogens is 1. The first-order valence-electron chi connectivity index (χ1n) is 7.94. The van der Waals surface area contributed by atoms with Gasteiger partial charge in [-0.25, -0.2) is 9.97 Å². The fourth-order valence-electron chi connectivity index (χ4n) is 2.81. The van der Waals surface area contributed by atoms with Gasteiger partial charge in [0.1, 0.15) is 11.6 Å². The van der Waals surface area contributed by atoms with Gasteiger partial charge < -0.3 is 10.1 Å². The van der Waals surface area contributed by atoms with E-state index in [4.69, 9.17) is 14.7 Å². The molecule has 1 saturated carbocycles. The van der Waals surface area contributed by atoms with Crippen molar-refractivity contribution in [2.24, 2.45) is 5.92 Å². The maximum atomic E-state index is 5.30. The Labute approximate surface area is 141 Å². The molecule has 0 unspecified atom stereocenters. The summed E-state index contributed by atoms with van der Waals surface area (Å²) in [6.45, 7) is 6.01. The topological polar surface area (TPSA) is 47.0 Å². The summed E-state index contributed by atoms with van der Waals surface area (Å²) in [5.74, 6) is 3.35. The van der Waals surface area contributed by atoms with E-state index in [1.54, 1.807) is 7.11 Å². The molecule has 1 aliphatic rings. The molecule has 4 nitrogen and oxygen atoms in total. The summed E-state index contributed by atoms with van der Waals surface area (Å²) in [6.07, 6.45) is 6.09. The molecule has 5 heteroatoms. The number of ether oxygens (including phenoxy) is 1. The van der Waals surface area contributed by atoms with E-state index in [9.17, 15) is 0 Å². The van der Waals surface area contributed by atoms with Gasteiger partial charge >= 0.3 is 0 Å². The number of hydrogen-bond donors (Lipinski definition) is 1. The number of methoxy groups -OCH3 is 1. The zero-order valence-corrected chi connectivity index (χ0v) is 15.4. The molecule has 0 atom stereocenters. The van der Waals surface area contributed by atoms with E-state index < -0.39 is 0 Å². The predicted molar refractivity (Wildman–Crippen MR) is 94.6 cm³/mol. The van der Waals surface area contributed by atoms with Crippen LogP contribution in [0.4, 0.5) is 5.82 Å². The molecule has 0 radical (unpaired) electrons. The molecule has 0 spiro atoms. The van der Waals surface area contributed by atoms with Crippen molar-refractivity contribution in [3.63, 3.8) is 0 Å². The van der Waals surface area contributed by atoms with Crippen molar-refractivity contribution in [2.45, 2.75) is 58.5 Å². The van der Waals surface area contributed by atoms with Gasteiger partial charge in [0.15, 0.2) is 0 Å². The summed E-state index contributed by atoms with van der Waals surface area (Å²) in [5, 5.41) is 3.44. The Morgan fingerprint density at radius 1 is 1.24 bits per heavy atom. The standard InChI is InChI=1S/C16H26IN3O/c1-4-9-18-16-14(17)13(10-21-3)19-15(20-16)12-7-5-11(2)6-8-12/h11-12H,4-10H2,1-3H3,(H,18,19,20). The van der Waals surface area contributed by atoms with E-state index in [0.717, 1.165) is 39.8 Å². The van der Waals surface area contributed by atoms with Crippen molar-refractivity contribution in [3.8, 4) is 0 Å². The van der Waals surface area contributed by atoms with Crippen LogP contribution in [0.15, 0.2) is 0 Å². The number of anilines is 1. The third-order valence-corrected chi connectivity index (χ3v) is 5.28. The van der Waals surface area contributed by atoms with Crippen LogP contribution in [-0.2, 0) is 11.3 Å². The minimum atomic E-state index is 0.510. The van der Waals surface area contributed by atoms with E-state index in [0.29, 0.717) is 12.5 Å². The van der Waals surface area contributed by atoms with Gasteiger partial charge in [0.05, 0.1) is 15.9 Å².